The molecule has 0 fully saturated rings. The molecule has 3 heteroatoms. The Bertz CT molecular complexity index is 518. The standard InChI is InChI=1S/C17H23NOS/c1-4-18-17(16-12-20-11-13(16)2)15-7-5-14(6-8-15)9-10-19-3/h5-8,11-12,17-18H,4,9-10H2,1-3H3. The van der Waals surface area contributed by atoms with Gasteiger partial charge in [-0.15, -0.1) is 0 Å². The van der Waals surface area contributed by atoms with Gasteiger partial charge in [0.25, 0.3) is 0 Å². The quantitative estimate of drug-likeness (QED) is 0.833. The fraction of sp³-hybridized carbons (Fsp3) is 0.412. The Kier molecular flexibility index (Phi) is 5.77. The summed E-state index contributed by atoms with van der Waals surface area (Å²) in [5.74, 6) is 0. The first-order chi connectivity index (χ1) is 9.76. The number of hydrogen-bond donors (Lipinski definition) is 1. The van der Waals surface area contributed by atoms with Crippen LogP contribution >= 0.6 is 11.3 Å². The van der Waals surface area contributed by atoms with Crippen LogP contribution in [0, 0.1) is 6.92 Å². The Hall–Kier alpha value is -1.16. The van der Waals surface area contributed by atoms with Crippen LogP contribution in [-0.4, -0.2) is 20.3 Å². The van der Waals surface area contributed by atoms with Crippen LogP contribution in [-0.2, 0) is 11.2 Å². The van der Waals surface area contributed by atoms with Crippen molar-refractivity contribution in [2.75, 3.05) is 20.3 Å². The van der Waals surface area contributed by atoms with Crippen LogP contribution in [0.3, 0.4) is 0 Å². The third-order valence-corrected chi connectivity index (χ3v) is 4.40. The van der Waals surface area contributed by atoms with Crippen LogP contribution in [0.5, 0.6) is 0 Å². The molecule has 2 rings (SSSR count). The molecule has 1 unspecified atom stereocenters. The first-order valence-electron chi connectivity index (χ1n) is 7.10. The smallest absolute Gasteiger partial charge is 0.0587 e. The molecule has 2 nitrogen and oxygen atoms in total. The van der Waals surface area contributed by atoms with Crippen LogP contribution in [0.1, 0.15) is 35.2 Å². The number of ether oxygens (including phenoxy) is 1. The van der Waals surface area contributed by atoms with E-state index in [0.717, 1.165) is 19.6 Å². The maximum atomic E-state index is 5.13. The van der Waals surface area contributed by atoms with Gasteiger partial charge in [0.1, 0.15) is 0 Å². The number of thiophene rings is 1. The number of methoxy groups -OCH3 is 1. The van der Waals surface area contributed by atoms with Gasteiger partial charge in [0.2, 0.25) is 0 Å². The number of nitrogens with one attached hydrogen (secondary N) is 1. The van der Waals surface area contributed by atoms with Gasteiger partial charge < -0.3 is 10.1 Å². The van der Waals surface area contributed by atoms with E-state index in [1.54, 1.807) is 18.4 Å². The molecule has 2 aromatic rings. The van der Waals surface area contributed by atoms with Gasteiger partial charge in [0.05, 0.1) is 12.6 Å². The summed E-state index contributed by atoms with van der Waals surface area (Å²) >= 11 is 1.77. The first-order valence-corrected chi connectivity index (χ1v) is 8.04. The van der Waals surface area contributed by atoms with Gasteiger partial charge in [0, 0.05) is 7.11 Å². The van der Waals surface area contributed by atoms with E-state index in [1.807, 2.05) is 0 Å². The molecule has 0 spiro atoms. The molecule has 0 aliphatic heterocycles. The summed E-state index contributed by atoms with van der Waals surface area (Å²) in [6, 6.07) is 9.17. The van der Waals surface area contributed by atoms with Crippen LogP contribution in [0.4, 0.5) is 0 Å². The van der Waals surface area contributed by atoms with Crippen molar-refractivity contribution in [2.45, 2.75) is 26.3 Å². The Balaban J connectivity index is 2.19. The molecule has 1 atom stereocenters. The molecule has 0 aliphatic carbocycles. The predicted octanol–water partition coefficient (Wildman–Crippen LogP) is 3.94. The molecule has 1 aromatic heterocycles. The van der Waals surface area contributed by atoms with Crippen molar-refractivity contribution in [3.63, 3.8) is 0 Å². The van der Waals surface area contributed by atoms with Crippen molar-refractivity contribution in [3.8, 4) is 0 Å². The van der Waals surface area contributed by atoms with Gasteiger partial charge in [-0.25, -0.2) is 0 Å². The minimum Gasteiger partial charge on any atom is -0.384 e. The minimum atomic E-state index is 0.294. The van der Waals surface area contributed by atoms with Crippen molar-refractivity contribution < 1.29 is 4.74 Å². The van der Waals surface area contributed by atoms with E-state index < -0.39 is 0 Å². The maximum absolute atomic E-state index is 5.13. The lowest BCUT2D eigenvalue weighted by Crippen LogP contribution is -2.22. The highest BCUT2D eigenvalue weighted by Crippen LogP contribution is 2.27. The van der Waals surface area contributed by atoms with Gasteiger partial charge in [-0.05, 0) is 52.9 Å². The van der Waals surface area contributed by atoms with Crippen LogP contribution < -0.4 is 5.32 Å². The normalized spacial score (nSPS) is 12.6. The van der Waals surface area contributed by atoms with Gasteiger partial charge in [-0.2, -0.15) is 11.3 Å². The molecule has 0 radical (unpaired) electrons. The lowest BCUT2D eigenvalue weighted by molar-refractivity contribution is 0.202. The average molecular weight is 289 g/mol. The van der Waals surface area contributed by atoms with Gasteiger partial charge in [-0.3, -0.25) is 0 Å². The van der Waals surface area contributed by atoms with E-state index in [4.69, 9.17) is 4.74 Å². The minimum absolute atomic E-state index is 0.294. The Morgan fingerprint density at radius 3 is 2.50 bits per heavy atom. The number of benzene rings is 1. The van der Waals surface area contributed by atoms with Crippen molar-refractivity contribution in [1.82, 2.24) is 5.32 Å². The molecule has 108 valence electrons. The van der Waals surface area contributed by atoms with E-state index in [1.165, 1.54) is 22.3 Å². The molecule has 0 saturated carbocycles. The molecule has 0 aliphatic rings. The summed E-state index contributed by atoms with van der Waals surface area (Å²) in [5.41, 5.74) is 5.41. The monoisotopic (exact) mass is 289 g/mol. The van der Waals surface area contributed by atoms with E-state index in [0.29, 0.717) is 6.04 Å². The lowest BCUT2D eigenvalue weighted by Gasteiger charge is -2.19. The van der Waals surface area contributed by atoms with Crippen molar-refractivity contribution >= 4 is 11.3 Å². The largest absolute Gasteiger partial charge is 0.384 e. The second-order valence-electron chi connectivity index (χ2n) is 4.99. The zero-order chi connectivity index (χ0) is 14.4. The molecule has 20 heavy (non-hydrogen) atoms. The molecule has 1 heterocycles. The molecular formula is C17H23NOS. The van der Waals surface area contributed by atoms with Gasteiger partial charge >= 0.3 is 0 Å². The van der Waals surface area contributed by atoms with E-state index in [2.05, 4.69) is 54.2 Å². The third kappa shape index (κ3) is 3.69. The zero-order valence-electron chi connectivity index (χ0n) is 12.5. The highest BCUT2D eigenvalue weighted by Gasteiger charge is 2.15. The molecule has 1 N–H and O–H groups in total. The highest BCUT2D eigenvalue weighted by atomic mass is 32.1. The predicted molar refractivity (Wildman–Crippen MR) is 86.6 cm³/mol. The average Bonchev–Trinajstić information content (AvgIpc) is 2.89. The summed E-state index contributed by atoms with van der Waals surface area (Å²) in [4.78, 5) is 0. The fourth-order valence-electron chi connectivity index (χ4n) is 2.37. The van der Waals surface area contributed by atoms with E-state index in [-0.39, 0.29) is 0 Å². The van der Waals surface area contributed by atoms with Crippen LogP contribution in [0.25, 0.3) is 0 Å². The topological polar surface area (TPSA) is 21.3 Å². The van der Waals surface area contributed by atoms with Gasteiger partial charge in [0.15, 0.2) is 0 Å². The number of rotatable bonds is 7. The number of hydrogen-bond acceptors (Lipinski definition) is 3. The Labute approximate surface area is 125 Å². The molecule has 0 amide bonds. The van der Waals surface area contributed by atoms with E-state index >= 15 is 0 Å². The summed E-state index contributed by atoms with van der Waals surface area (Å²) in [7, 11) is 1.74. The van der Waals surface area contributed by atoms with Crippen molar-refractivity contribution in [3.05, 3.63) is 57.3 Å². The second kappa shape index (κ2) is 7.58. The Morgan fingerprint density at radius 1 is 1.20 bits per heavy atom. The second-order valence-corrected chi connectivity index (χ2v) is 5.73. The number of aryl methyl sites for hydroxylation is 1. The van der Waals surface area contributed by atoms with Crippen molar-refractivity contribution in [1.29, 1.82) is 0 Å². The Morgan fingerprint density at radius 2 is 1.95 bits per heavy atom. The van der Waals surface area contributed by atoms with Crippen molar-refractivity contribution in [2.24, 2.45) is 0 Å². The maximum Gasteiger partial charge on any atom is 0.0587 e. The van der Waals surface area contributed by atoms with Crippen LogP contribution in [0.2, 0.25) is 0 Å². The van der Waals surface area contributed by atoms with Gasteiger partial charge in [-0.1, -0.05) is 31.2 Å². The zero-order valence-corrected chi connectivity index (χ0v) is 13.3. The summed E-state index contributed by atoms with van der Waals surface area (Å²) < 4.78 is 5.13. The molecule has 0 saturated heterocycles. The summed E-state index contributed by atoms with van der Waals surface area (Å²) in [6.45, 7) is 6.08. The summed E-state index contributed by atoms with van der Waals surface area (Å²) in [5, 5.41) is 8.05. The van der Waals surface area contributed by atoms with E-state index in [9.17, 15) is 0 Å². The molecule has 0 bridgehead atoms. The summed E-state index contributed by atoms with van der Waals surface area (Å²) in [6.07, 6.45) is 0.972. The molecular weight excluding hydrogens is 266 g/mol. The molecule has 1 aromatic carbocycles. The van der Waals surface area contributed by atoms with Crippen LogP contribution in [0.15, 0.2) is 35.0 Å². The third-order valence-electron chi connectivity index (χ3n) is 3.52. The lowest BCUT2D eigenvalue weighted by atomic mass is 9.97. The fourth-order valence-corrected chi connectivity index (χ4v) is 3.25. The first kappa shape index (κ1) is 15.2. The highest BCUT2D eigenvalue weighted by molar-refractivity contribution is 7.08. The SMILES string of the molecule is CCNC(c1ccc(CCOC)cc1)c1cscc1C.